The van der Waals surface area contributed by atoms with Crippen molar-refractivity contribution in [3.05, 3.63) is 0 Å². The molecule has 1 aliphatic carbocycles. The lowest BCUT2D eigenvalue weighted by atomic mass is 10.1. The van der Waals surface area contributed by atoms with E-state index >= 15 is 0 Å². The summed E-state index contributed by atoms with van der Waals surface area (Å²) in [5.41, 5.74) is 10.8. The first-order valence-electron chi connectivity index (χ1n) is 6.34. The Morgan fingerprint density at radius 2 is 2.12 bits per heavy atom. The number of nitrogens with zero attached hydrogens (tertiary/aromatic N) is 1. The number of nitrogens with two attached hydrogens (primary N) is 2. The van der Waals surface area contributed by atoms with E-state index in [4.69, 9.17) is 16.2 Å². The molecule has 5 nitrogen and oxygen atoms in total. The molecule has 1 amide bonds. The quantitative estimate of drug-likeness (QED) is 0.594. The maximum absolute atomic E-state index is 10.9. The molecule has 100 valence electrons. The lowest BCUT2D eigenvalue weighted by molar-refractivity contribution is -0.119. The number of primary amides is 1. The fourth-order valence-corrected chi connectivity index (χ4v) is 2.05. The largest absolute Gasteiger partial charge is 0.383 e. The predicted octanol–water partition coefficient (Wildman–Crippen LogP) is -0.0640. The van der Waals surface area contributed by atoms with Gasteiger partial charge in [0.1, 0.15) is 0 Å². The Morgan fingerprint density at radius 1 is 1.47 bits per heavy atom. The standard InChI is InChI=1S/C12H25N3O2/c1-9(10-3-4-10)15(7-8-17-2)6-5-11(13)12(14)16/h9-11H,3-8,13H2,1-2H3,(H2,14,16). The second-order valence-corrected chi connectivity index (χ2v) is 4.90. The van der Waals surface area contributed by atoms with E-state index in [2.05, 4.69) is 11.8 Å². The summed E-state index contributed by atoms with van der Waals surface area (Å²) in [6, 6.07) is 0.0108. The summed E-state index contributed by atoms with van der Waals surface area (Å²) in [4.78, 5) is 13.2. The average Bonchev–Trinajstić information content (AvgIpc) is 3.11. The van der Waals surface area contributed by atoms with Gasteiger partial charge in [-0.3, -0.25) is 9.69 Å². The first kappa shape index (κ1) is 14.4. The Kier molecular flexibility index (Phi) is 5.88. The molecule has 5 heteroatoms. The molecule has 1 aliphatic rings. The summed E-state index contributed by atoms with van der Waals surface area (Å²) in [5, 5.41) is 0. The zero-order chi connectivity index (χ0) is 12.8. The molecule has 2 unspecified atom stereocenters. The minimum absolute atomic E-state index is 0.421. The number of amides is 1. The maximum atomic E-state index is 10.9. The van der Waals surface area contributed by atoms with Crippen molar-refractivity contribution in [2.75, 3.05) is 26.8 Å². The molecule has 0 radical (unpaired) electrons. The lowest BCUT2D eigenvalue weighted by Crippen LogP contribution is -2.43. The number of rotatable bonds is 9. The van der Waals surface area contributed by atoms with E-state index in [0.717, 1.165) is 19.0 Å². The van der Waals surface area contributed by atoms with Crippen LogP contribution in [-0.2, 0) is 9.53 Å². The van der Waals surface area contributed by atoms with Crippen LogP contribution < -0.4 is 11.5 Å². The summed E-state index contributed by atoms with van der Waals surface area (Å²) < 4.78 is 5.11. The summed E-state index contributed by atoms with van der Waals surface area (Å²) in [6.45, 7) is 4.65. The van der Waals surface area contributed by atoms with Gasteiger partial charge in [0, 0.05) is 26.2 Å². The van der Waals surface area contributed by atoms with Gasteiger partial charge >= 0.3 is 0 Å². The van der Waals surface area contributed by atoms with Crippen molar-refractivity contribution in [2.45, 2.75) is 38.3 Å². The predicted molar refractivity (Wildman–Crippen MR) is 67.4 cm³/mol. The highest BCUT2D eigenvalue weighted by atomic mass is 16.5. The van der Waals surface area contributed by atoms with Gasteiger partial charge in [0.2, 0.25) is 5.91 Å². The molecule has 0 spiro atoms. The smallest absolute Gasteiger partial charge is 0.234 e. The van der Waals surface area contributed by atoms with Crippen LogP contribution in [-0.4, -0.2) is 49.7 Å². The lowest BCUT2D eigenvalue weighted by Gasteiger charge is -2.29. The fraction of sp³-hybridized carbons (Fsp3) is 0.917. The molecule has 1 saturated carbocycles. The normalized spacial score (nSPS) is 19.3. The molecule has 0 heterocycles. The Balaban J connectivity index is 2.36. The maximum Gasteiger partial charge on any atom is 0.234 e. The van der Waals surface area contributed by atoms with Gasteiger partial charge in [0.05, 0.1) is 12.6 Å². The van der Waals surface area contributed by atoms with Crippen molar-refractivity contribution in [1.29, 1.82) is 0 Å². The highest BCUT2D eigenvalue weighted by Gasteiger charge is 2.31. The van der Waals surface area contributed by atoms with Crippen LogP contribution in [0.2, 0.25) is 0 Å². The average molecular weight is 243 g/mol. The molecule has 17 heavy (non-hydrogen) atoms. The zero-order valence-corrected chi connectivity index (χ0v) is 10.9. The Bertz CT molecular complexity index is 244. The number of hydrogen-bond acceptors (Lipinski definition) is 4. The second kappa shape index (κ2) is 6.93. The number of carbonyl (C=O) groups is 1. The van der Waals surface area contributed by atoms with Crippen molar-refractivity contribution >= 4 is 5.91 Å². The molecule has 0 aromatic carbocycles. The molecule has 2 atom stereocenters. The summed E-state index contributed by atoms with van der Waals surface area (Å²) in [5.74, 6) is 0.382. The van der Waals surface area contributed by atoms with Gasteiger partial charge in [-0.05, 0) is 32.1 Å². The molecule has 4 N–H and O–H groups in total. The minimum Gasteiger partial charge on any atom is -0.383 e. The first-order chi connectivity index (χ1) is 8.06. The Morgan fingerprint density at radius 3 is 2.59 bits per heavy atom. The third kappa shape index (κ3) is 5.02. The van der Waals surface area contributed by atoms with Crippen LogP contribution in [0.25, 0.3) is 0 Å². The van der Waals surface area contributed by atoms with Gasteiger partial charge in [-0.25, -0.2) is 0 Å². The van der Waals surface area contributed by atoms with E-state index in [1.54, 1.807) is 7.11 Å². The van der Waals surface area contributed by atoms with Gasteiger partial charge < -0.3 is 16.2 Å². The van der Waals surface area contributed by atoms with Crippen LogP contribution in [0.5, 0.6) is 0 Å². The Hall–Kier alpha value is -0.650. The summed E-state index contributed by atoms with van der Waals surface area (Å²) in [7, 11) is 1.70. The summed E-state index contributed by atoms with van der Waals surface area (Å²) in [6.07, 6.45) is 3.25. The SMILES string of the molecule is COCCN(CCC(N)C(N)=O)C(C)C1CC1. The van der Waals surface area contributed by atoms with Gasteiger partial charge in [0.25, 0.3) is 0 Å². The van der Waals surface area contributed by atoms with E-state index in [-0.39, 0.29) is 0 Å². The topological polar surface area (TPSA) is 81.6 Å². The highest BCUT2D eigenvalue weighted by Crippen LogP contribution is 2.35. The zero-order valence-electron chi connectivity index (χ0n) is 10.9. The second-order valence-electron chi connectivity index (χ2n) is 4.90. The molecule has 0 aromatic rings. The monoisotopic (exact) mass is 243 g/mol. The van der Waals surface area contributed by atoms with E-state index in [1.165, 1.54) is 12.8 Å². The van der Waals surface area contributed by atoms with Crippen molar-refractivity contribution in [2.24, 2.45) is 17.4 Å². The van der Waals surface area contributed by atoms with Crippen molar-refractivity contribution in [1.82, 2.24) is 4.90 Å². The first-order valence-corrected chi connectivity index (χ1v) is 6.34. The van der Waals surface area contributed by atoms with E-state index in [1.807, 2.05) is 0 Å². The van der Waals surface area contributed by atoms with Crippen LogP contribution in [0.15, 0.2) is 0 Å². The molecule has 1 fully saturated rings. The number of methoxy groups -OCH3 is 1. The van der Waals surface area contributed by atoms with Crippen molar-refractivity contribution in [3.63, 3.8) is 0 Å². The summed E-state index contributed by atoms with van der Waals surface area (Å²) >= 11 is 0. The molecule has 0 aliphatic heterocycles. The minimum atomic E-state index is -0.536. The van der Waals surface area contributed by atoms with Crippen molar-refractivity contribution in [3.8, 4) is 0 Å². The van der Waals surface area contributed by atoms with Crippen molar-refractivity contribution < 1.29 is 9.53 Å². The fourth-order valence-electron chi connectivity index (χ4n) is 2.05. The Labute approximate surface area is 103 Å². The van der Waals surface area contributed by atoms with Crippen LogP contribution in [0.4, 0.5) is 0 Å². The molecular formula is C12H25N3O2. The number of hydrogen-bond donors (Lipinski definition) is 2. The van der Waals surface area contributed by atoms with Gasteiger partial charge in [-0.1, -0.05) is 0 Å². The molecular weight excluding hydrogens is 218 g/mol. The van der Waals surface area contributed by atoms with Gasteiger partial charge in [-0.15, -0.1) is 0 Å². The van der Waals surface area contributed by atoms with E-state index in [9.17, 15) is 4.79 Å². The van der Waals surface area contributed by atoms with Crippen LogP contribution in [0.3, 0.4) is 0 Å². The molecule has 0 bridgehead atoms. The third-order valence-electron chi connectivity index (χ3n) is 3.56. The van der Waals surface area contributed by atoms with Gasteiger partial charge in [0.15, 0.2) is 0 Å². The molecule has 0 saturated heterocycles. The van der Waals surface area contributed by atoms with Crippen LogP contribution in [0, 0.1) is 5.92 Å². The number of ether oxygens (including phenoxy) is 1. The van der Waals surface area contributed by atoms with Crippen LogP contribution in [0.1, 0.15) is 26.2 Å². The van der Waals surface area contributed by atoms with E-state index in [0.29, 0.717) is 19.1 Å². The van der Waals surface area contributed by atoms with Crippen LogP contribution >= 0.6 is 0 Å². The third-order valence-corrected chi connectivity index (χ3v) is 3.56. The molecule has 0 aromatic heterocycles. The van der Waals surface area contributed by atoms with Gasteiger partial charge in [-0.2, -0.15) is 0 Å². The number of carbonyl (C=O) groups excluding carboxylic acids is 1. The highest BCUT2D eigenvalue weighted by molar-refractivity contribution is 5.79. The molecule has 1 rings (SSSR count). The van der Waals surface area contributed by atoms with E-state index < -0.39 is 11.9 Å².